The molecule has 0 radical (unpaired) electrons. The first-order valence-corrected chi connectivity index (χ1v) is 7.33. The maximum absolute atomic E-state index is 5.76. The molecule has 2 nitrogen and oxygen atoms in total. The second-order valence-corrected chi connectivity index (χ2v) is 5.50. The fourth-order valence-electron chi connectivity index (χ4n) is 2.52. The van der Waals surface area contributed by atoms with Crippen molar-refractivity contribution in [3.63, 3.8) is 0 Å². The predicted octanol–water partition coefficient (Wildman–Crippen LogP) is 4.02. The average Bonchev–Trinajstić information content (AvgIpc) is 2.78. The van der Waals surface area contributed by atoms with Crippen LogP contribution in [0.4, 0.5) is 0 Å². The zero-order valence-electron chi connectivity index (χ0n) is 12.3. The molecule has 2 rings (SSSR count). The second kappa shape index (κ2) is 6.76. The molecule has 1 aromatic carbocycles. The molecule has 1 unspecified atom stereocenters. The molecule has 0 fully saturated rings. The molecule has 104 valence electrons. The van der Waals surface area contributed by atoms with Crippen LogP contribution in [0.25, 0.3) is 0 Å². The third kappa shape index (κ3) is 3.84. The van der Waals surface area contributed by atoms with E-state index in [2.05, 4.69) is 50.4 Å². The topological polar surface area (TPSA) is 21.3 Å². The molecule has 1 aliphatic rings. The number of aryl methyl sites for hydroxylation is 1. The number of fused-ring (bicyclic) bond motifs is 1. The number of allylic oxidation sites excluding steroid dienone is 1. The Balaban J connectivity index is 1.99. The van der Waals surface area contributed by atoms with Gasteiger partial charge in [-0.25, -0.2) is 0 Å². The highest BCUT2D eigenvalue weighted by atomic mass is 16.5. The smallest absolute Gasteiger partial charge is 0.120 e. The van der Waals surface area contributed by atoms with E-state index in [0.29, 0.717) is 12.6 Å². The van der Waals surface area contributed by atoms with Crippen LogP contribution < -0.4 is 10.1 Å². The van der Waals surface area contributed by atoms with Gasteiger partial charge in [-0.05, 0) is 69.0 Å². The van der Waals surface area contributed by atoms with Crippen LogP contribution in [-0.4, -0.2) is 13.2 Å². The summed E-state index contributed by atoms with van der Waals surface area (Å²) in [6, 6.07) is 7.08. The predicted molar refractivity (Wildman–Crippen MR) is 80.7 cm³/mol. The van der Waals surface area contributed by atoms with Gasteiger partial charge >= 0.3 is 0 Å². The van der Waals surface area contributed by atoms with Crippen LogP contribution in [0.2, 0.25) is 0 Å². The lowest BCUT2D eigenvalue weighted by Crippen LogP contribution is -2.19. The van der Waals surface area contributed by atoms with Gasteiger partial charge in [0.15, 0.2) is 0 Å². The molecule has 2 heteroatoms. The highest BCUT2D eigenvalue weighted by molar-refractivity contribution is 5.40. The minimum Gasteiger partial charge on any atom is -0.490 e. The van der Waals surface area contributed by atoms with Crippen LogP contribution in [0.1, 0.15) is 50.8 Å². The van der Waals surface area contributed by atoms with Gasteiger partial charge < -0.3 is 10.1 Å². The van der Waals surface area contributed by atoms with Crippen molar-refractivity contribution in [1.29, 1.82) is 0 Å². The van der Waals surface area contributed by atoms with Crippen LogP contribution in [0.3, 0.4) is 0 Å². The third-order valence-electron chi connectivity index (χ3n) is 3.57. The van der Waals surface area contributed by atoms with Gasteiger partial charge in [0.2, 0.25) is 0 Å². The van der Waals surface area contributed by atoms with Gasteiger partial charge in [-0.3, -0.25) is 0 Å². The Morgan fingerprint density at radius 3 is 3.00 bits per heavy atom. The van der Waals surface area contributed by atoms with Gasteiger partial charge in [0.05, 0.1) is 0 Å². The van der Waals surface area contributed by atoms with Crippen LogP contribution in [0, 0.1) is 0 Å². The molecule has 0 spiro atoms. The van der Waals surface area contributed by atoms with Gasteiger partial charge in [-0.15, -0.1) is 0 Å². The summed E-state index contributed by atoms with van der Waals surface area (Å²) < 4.78 is 5.76. The molecule has 0 saturated heterocycles. The van der Waals surface area contributed by atoms with E-state index in [4.69, 9.17) is 4.74 Å². The zero-order valence-corrected chi connectivity index (χ0v) is 12.3. The van der Waals surface area contributed by atoms with E-state index >= 15 is 0 Å². The molecule has 1 aliphatic carbocycles. The highest BCUT2D eigenvalue weighted by Gasteiger charge is 2.21. The standard InChI is InChI=1S/C17H25NO/c1-4-10-18-17-8-5-14-12-15(6-7-16(14)17)19-11-9-13(2)3/h6-7,9,12,17-18H,4-5,8,10-11H2,1-3H3. The molecule has 0 aromatic heterocycles. The number of hydrogen-bond acceptors (Lipinski definition) is 2. The first-order valence-electron chi connectivity index (χ1n) is 7.33. The van der Waals surface area contributed by atoms with Gasteiger partial charge in [-0.2, -0.15) is 0 Å². The monoisotopic (exact) mass is 259 g/mol. The SMILES string of the molecule is CCCNC1CCc2cc(OCC=C(C)C)ccc21. The number of benzene rings is 1. The summed E-state index contributed by atoms with van der Waals surface area (Å²) in [6.45, 7) is 8.16. The summed E-state index contributed by atoms with van der Waals surface area (Å²) >= 11 is 0. The lowest BCUT2D eigenvalue weighted by molar-refractivity contribution is 0.361. The van der Waals surface area contributed by atoms with E-state index < -0.39 is 0 Å². The summed E-state index contributed by atoms with van der Waals surface area (Å²) in [4.78, 5) is 0. The fraction of sp³-hybridized carbons (Fsp3) is 0.529. The van der Waals surface area contributed by atoms with Crippen molar-refractivity contribution < 1.29 is 4.74 Å². The number of nitrogens with one attached hydrogen (secondary N) is 1. The third-order valence-corrected chi connectivity index (χ3v) is 3.57. The van der Waals surface area contributed by atoms with E-state index in [1.807, 2.05) is 0 Å². The molecular formula is C17H25NO. The summed E-state index contributed by atoms with van der Waals surface area (Å²) in [7, 11) is 0. The van der Waals surface area contributed by atoms with E-state index in [1.54, 1.807) is 0 Å². The van der Waals surface area contributed by atoms with Crippen molar-refractivity contribution in [2.45, 2.75) is 46.1 Å². The lowest BCUT2D eigenvalue weighted by Gasteiger charge is -2.13. The molecule has 1 aromatic rings. The van der Waals surface area contributed by atoms with Crippen LogP contribution in [0.15, 0.2) is 29.8 Å². The summed E-state index contributed by atoms with van der Waals surface area (Å²) in [5.74, 6) is 0.993. The Bertz CT molecular complexity index is 447. The molecule has 0 saturated carbocycles. The first-order chi connectivity index (χ1) is 9.20. The van der Waals surface area contributed by atoms with Crippen LogP contribution in [-0.2, 0) is 6.42 Å². The molecule has 1 N–H and O–H groups in total. The molecule has 0 bridgehead atoms. The Labute approximate surface area is 116 Å². The normalized spacial score (nSPS) is 17.1. The van der Waals surface area contributed by atoms with Gasteiger partial charge in [0, 0.05) is 6.04 Å². The molecular weight excluding hydrogens is 234 g/mol. The zero-order chi connectivity index (χ0) is 13.7. The van der Waals surface area contributed by atoms with Crippen molar-refractivity contribution in [3.05, 3.63) is 41.0 Å². The van der Waals surface area contributed by atoms with Crippen molar-refractivity contribution in [2.24, 2.45) is 0 Å². The maximum atomic E-state index is 5.76. The van der Waals surface area contributed by atoms with Gasteiger partial charge in [0.1, 0.15) is 12.4 Å². The number of ether oxygens (including phenoxy) is 1. The average molecular weight is 259 g/mol. The van der Waals surface area contributed by atoms with E-state index in [1.165, 1.54) is 29.5 Å². The van der Waals surface area contributed by atoms with Crippen molar-refractivity contribution in [1.82, 2.24) is 5.32 Å². The van der Waals surface area contributed by atoms with Crippen molar-refractivity contribution in [3.8, 4) is 5.75 Å². The van der Waals surface area contributed by atoms with Gasteiger partial charge in [-0.1, -0.05) is 18.6 Å². The highest BCUT2D eigenvalue weighted by Crippen LogP contribution is 2.33. The van der Waals surface area contributed by atoms with Crippen molar-refractivity contribution in [2.75, 3.05) is 13.2 Å². The summed E-state index contributed by atoms with van der Waals surface area (Å²) in [5, 5.41) is 3.61. The van der Waals surface area contributed by atoms with Crippen LogP contribution in [0.5, 0.6) is 5.75 Å². The molecule has 0 heterocycles. The number of hydrogen-bond donors (Lipinski definition) is 1. The van der Waals surface area contributed by atoms with Crippen LogP contribution >= 0.6 is 0 Å². The van der Waals surface area contributed by atoms with E-state index in [-0.39, 0.29) is 0 Å². The minimum atomic E-state index is 0.543. The lowest BCUT2D eigenvalue weighted by atomic mass is 10.1. The van der Waals surface area contributed by atoms with E-state index in [0.717, 1.165) is 18.7 Å². The Morgan fingerprint density at radius 1 is 1.42 bits per heavy atom. The largest absolute Gasteiger partial charge is 0.490 e. The quantitative estimate of drug-likeness (QED) is 0.779. The summed E-state index contributed by atoms with van der Waals surface area (Å²) in [6.07, 6.45) is 5.68. The fourth-order valence-corrected chi connectivity index (χ4v) is 2.52. The first kappa shape index (κ1) is 14.1. The minimum absolute atomic E-state index is 0.543. The summed E-state index contributed by atoms with van der Waals surface area (Å²) in [5.41, 5.74) is 4.20. The Hall–Kier alpha value is -1.28. The molecule has 19 heavy (non-hydrogen) atoms. The number of rotatable bonds is 6. The van der Waals surface area contributed by atoms with E-state index in [9.17, 15) is 0 Å². The molecule has 0 amide bonds. The Morgan fingerprint density at radius 2 is 2.26 bits per heavy atom. The van der Waals surface area contributed by atoms with Crippen molar-refractivity contribution >= 4 is 0 Å². The maximum Gasteiger partial charge on any atom is 0.120 e. The molecule has 1 atom stereocenters. The second-order valence-electron chi connectivity index (χ2n) is 5.50. The van der Waals surface area contributed by atoms with Gasteiger partial charge in [0.25, 0.3) is 0 Å². The Kier molecular flexibility index (Phi) is 5.03. The molecule has 0 aliphatic heterocycles.